The number of esters is 1. The van der Waals surface area contributed by atoms with E-state index in [9.17, 15) is 9.59 Å². The number of carbonyl (C=O) groups excluding carboxylic acids is 2. The fourth-order valence-electron chi connectivity index (χ4n) is 4.30. The van der Waals surface area contributed by atoms with Crippen LogP contribution in [0.5, 0.6) is 0 Å². The predicted octanol–water partition coefficient (Wildman–Crippen LogP) is 3.82. The van der Waals surface area contributed by atoms with Crippen LogP contribution >= 0.6 is 0 Å². The van der Waals surface area contributed by atoms with Gasteiger partial charge in [0.05, 0.1) is 33.0 Å². The Bertz CT molecular complexity index is 1190. The van der Waals surface area contributed by atoms with Gasteiger partial charge < -0.3 is 33.6 Å². The molecule has 4 atom stereocenters. The zero-order valence-corrected chi connectivity index (χ0v) is 24.4. The van der Waals surface area contributed by atoms with Crippen molar-refractivity contribution in [2.75, 3.05) is 41.5 Å². The van der Waals surface area contributed by atoms with Crippen LogP contribution < -0.4 is 5.32 Å². The van der Waals surface area contributed by atoms with Crippen molar-refractivity contribution < 1.29 is 33.0 Å². The number of amides is 1. The molecule has 0 radical (unpaired) electrons. The Hall–Kier alpha value is -3.57. The van der Waals surface area contributed by atoms with Gasteiger partial charge in [-0.1, -0.05) is 67.6 Å². The molecule has 2 aromatic carbocycles. The maximum absolute atomic E-state index is 13.7. The van der Waals surface area contributed by atoms with Crippen molar-refractivity contribution in [3.05, 3.63) is 89.6 Å². The lowest BCUT2D eigenvalue weighted by Crippen LogP contribution is -2.55. The van der Waals surface area contributed by atoms with Gasteiger partial charge in [-0.05, 0) is 31.6 Å². The Balaban J connectivity index is 1.76. The van der Waals surface area contributed by atoms with Crippen LogP contribution in [0.4, 0.5) is 0 Å². The predicted molar refractivity (Wildman–Crippen MR) is 153 cm³/mol. The Morgan fingerprint density at radius 2 is 1.56 bits per heavy atom. The van der Waals surface area contributed by atoms with E-state index >= 15 is 0 Å². The molecule has 3 aromatic rings. The van der Waals surface area contributed by atoms with Gasteiger partial charge in [0.25, 0.3) is 5.91 Å². The van der Waals surface area contributed by atoms with Gasteiger partial charge in [-0.15, -0.1) is 0 Å². The summed E-state index contributed by atoms with van der Waals surface area (Å²) in [5, 5.41) is 3.01. The summed E-state index contributed by atoms with van der Waals surface area (Å²) >= 11 is 0. The molecule has 0 spiro atoms. The van der Waals surface area contributed by atoms with Gasteiger partial charge in [0.15, 0.2) is 17.7 Å². The van der Waals surface area contributed by atoms with Crippen LogP contribution in [0.1, 0.15) is 46.8 Å². The third-order valence-corrected chi connectivity index (χ3v) is 6.71. The molecule has 0 aliphatic heterocycles. The lowest BCUT2D eigenvalue weighted by Gasteiger charge is -2.36. The maximum atomic E-state index is 13.7. The first-order chi connectivity index (χ1) is 19.8. The van der Waals surface area contributed by atoms with Crippen molar-refractivity contribution in [1.82, 2.24) is 15.2 Å². The smallest absolute Gasteiger partial charge is 0.360 e. The average Bonchev–Trinajstić information content (AvgIpc) is 3.49. The molecule has 0 saturated carbocycles. The SMILES string of the molecule is COC[C@H]([C@@H](OCc1ccccc1)[C@@H](OCc1ccccc1)C(=O)NCC[C@@H](C)c1nc(C(=O)OC)co1)N(C)C. The van der Waals surface area contributed by atoms with E-state index in [0.717, 1.165) is 11.1 Å². The first kappa shape index (κ1) is 32.0. The van der Waals surface area contributed by atoms with E-state index in [1.165, 1.54) is 13.4 Å². The number of oxazole rings is 1. The van der Waals surface area contributed by atoms with Crippen LogP contribution in [0, 0.1) is 0 Å². The molecule has 3 rings (SSSR count). The first-order valence-corrected chi connectivity index (χ1v) is 13.6. The summed E-state index contributed by atoms with van der Waals surface area (Å²) in [6.45, 7) is 3.13. The van der Waals surface area contributed by atoms with Gasteiger partial charge in [0.1, 0.15) is 12.4 Å². The van der Waals surface area contributed by atoms with E-state index in [-0.39, 0.29) is 30.2 Å². The summed E-state index contributed by atoms with van der Waals surface area (Å²) in [6, 6.07) is 19.2. The van der Waals surface area contributed by atoms with Crippen molar-refractivity contribution in [3.8, 4) is 0 Å². The van der Waals surface area contributed by atoms with Gasteiger partial charge in [0.2, 0.25) is 0 Å². The highest BCUT2D eigenvalue weighted by Gasteiger charge is 2.37. The van der Waals surface area contributed by atoms with Crippen molar-refractivity contribution in [2.45, 2.75) is 50.7 Å². The Kier molecular flexibility index (Phi) is 13.0. The number of hydrogen-bond donors (Lipinski definition) is 1. The Labute approximate surface area is 241 Å². The first-order valence-electron chi connectivity index (χ1n) is 13.6. The second-order valence-corrected chi connectivity index (χ2v) is 10.0. The molecular weight excluding hydrogens is 526 g/mol. The van der Waals surface area contributed by atoms with Gasteiger partial charge in [-0.25, -0.2) is 9.78 Å². The molecule has 1 aromatic heterocycles. The largest absolute Gasteiger partial charge is 0.464 e. The Morgan fingerprint density at radius 1 is 0.951 bits per heavy atom. The number of likely N-dealkylation sites (N-methyl/N-ethyl adjacent to an activating group) is 1. The fraction of sp³-hybridized carbons (Fsp3) is 0.452. The Morgan fingerprint density at radius 3 is 2.12 bits per heavy atom. The molecular formula is C31H41N3O7. The number of benzene rings is 2. The van der Waals surface area contributed by atoms with Gasteiger partial charge >= 0.3 is 5.97 Å². The molecule has 10 nitrogen and oxygen atoms in total. The van der Waals surface area contributed by atoms with Crippen molar-refractivity contribution in [2.24, 2.45) is 0 Å². The minimum absolute atomic E-state index is 0.110. The van der Waals surface area contributed by atoms with Crippen molar-refractivity contribution >= 4 is 11.9 Å². The number of rotatable bonds is 17. The zero-order chi connectivity index (χ0) is 29.6. The van der Waals surface area contributed by atoms with Gasteiger partial charge in [-0.2, -0.15) is 0 Å². The molecule has 1 heterocycles. The summed E-state index contributed by atoms with van der Waals surface area (Å²) < 4.78 is 28.4. The summed E-state index contributed by atoms with van der Waals surface area (Å²) in [5.41, 5.74) is 2.04. The molecule has 10 heteroatoms. The molecule has 41 heavy (non-hydrogen) atoms. The van der Waals surface area contributed by atoms with Gasteiger partial charge in [0, 0.05) is 19.6 Å². The second kappa shape index (κ2) is 16.6. The second-order valence-electron chi connectivity index (χ2n) is 10.0. The molecule has 0 aliphatic carbocycles. The van der Waals surface area contributed by atoms with Crippen molar-refractivity contribution in [3.63, 3.8) is 0 Å². The van der Waals surface area contributed by atoms with Crippen LogP contribution in [0.2, 0.25) is 0 Å². The van der Waals surface area contributed by atoms with E-state index in [0.29, 0.717) is 32.1 Å². The summed E-state index contributed by atoms with van der Waals surface area (Å²) in [4.78, 5) is 31.6. The highest BCUT2D eigenvalue weighted by atomic mass is 16.5. The lowest BCUT2D eigenvalue weighted by molar-refractivity contribution is -0.157. The number of methoxy groups -OCH3 is 2. The molecule has 0 aliphatic rings. The minimum Gasteiger partial charge on any atom is -0.464 e. The number of hydrogen-bond acceptors (Lipinski definition) is 9. The van der Waals surface area contributed by atoms with E-state index in [2.05, 4.69) is 10.3 Å². The highest BCUT2D eigenvalue weighted by molar-refractivity contribution is 5.86. The van der Waals surface area contributed by atoms with E-state index in [1.807, 2.05) is 86.6 Å². The molecule has 222 valence electrons. The molecule has 1 amide bonds. The average molecular weight is 568 g/mol. The third-order valence-electron chi connectivity index (χ3n) is 6.71. The van der Waals surface area contributed by atoms with Gasteiger partial charge in [-0.3, -0.25) is 4.79 Å². The van der Waals surface area contributed by atoms with E-state index in [1.54, 1.807) is 7.11 Å². The standard InChI is InChI=1S/C31H41N3O7/c1-22(30-33-25(20-41-30)31(36)38-5)16-17-32-29(35)28(40-19-24-14-10-7-11-15-24)27(26(21-37-4)34(2)3)39-18-23-12-8-6-9-13-23/h6-15,20,22,26-28H,16-19,21H2,1-5H3,(H,32,35)/t22-,26-,27-,28-/m1/s1. The van der Waals surface area contributed by atoms with Crippen LogP contribution in [0.3, 0.4) is 0 Å². The zero-order valence-electron chi connectivity index (χ0n) is 24.4. The summed E-state index contributed by atoms with van der Waals surface area (Å²) in [6.07, 6.45) is 0.239. The molecule has 1 N–H and O–H groups in total. The number of ether oxygens (including phenoxy) is 4. The third kappa shape index (κ3) is 9.79. The van der Waals surface area contributed by atoms with Crippen molar-refractivity contribution in [1.29, 1.82) is 0 Å². The van der Waals surface area contributed by atoms with E-state index < -0.39 is 18.2 Å². The lowest BCUT2D eigenvalue weighted by atomic mass is 10.0. The van der Waals surface area contributed by atoms with Crippen LogP contribution in [0.25, 0.3) is 0 Å². The van der Waals surface area contributed by atoms with Crippen LogP contribution in [-0.4, -0.2) is 81.5 Å². The molecule has 0 unspecified atom stereocenters. The minimum atomic E-state index is -0.926. The number of aromatic nitrogens is 1. The number of nitrogens with one attached hydrogen (secondary N) is 1. The van der Waals surface area contributed by atoms with Crippen LogP contribution in [0.15, 0.2) is 71.3 Å². The molecule has 0 fully saturated rings. The maximum Gasteiger partial charge on any atom is 0.360 e. The van der Waals surface area contributed by atoms with Crippen LogP contribution in [-0.2, 0) is 37.0 Å². The quantitative estimate of drug-likeness (QED) is 0.243. The number of carbonyl (C=O) groups is 2. The normalized spacial score (nSPS) is 14.3. The summed E-state index contributed by atoms with van der Waals surface area (Å²) in [5.74, 6) is -0.609. The molecule has 0 saturated heterocycles. The monoisotopic (exact) mass is 567 g/mol. The summed E-state index contributed by atoms with van der Waals surface area (Å²) in [7, 11) is 6.77. The fourth-order valence-corrected chi connectivity index (χ4v) is 4.30. The number of nitrogens with zero attached hydrogens (tertiary/aromatic N) is 2. The molecule has 0 bridgehead atoms. The topological polar surface area (TPSA) is 112 Å². The van der Waals surface area contributed by atoms with E-state index in [4.69, 9.17) is 23.4 Å². The highest BCUT2D eigenvalue weighted by Crippen LogP contribution is 2.20.